The number of likely N-dealkylation sites (tertiary alicyclic amines) is 1. The molecule has 0 radical (unpaired) electrons. The highest BCUT2D eigenvalue weighted by Gasteiger charge is 2.19. The molecule has 114 valence electrons. The summed E-state index contributed by atoms with van der Waals surface area (Å²) in [6.07, 6.45) is 2.67. The van der Waals surface area contributed by atoms with Gasteiger partial charge in [0.25, 0.3) is 0 Å². The first-order valence-corrected chi connectivity index (χ1v) is 9.01. The number of rotatable bonds is 5. The van der Waals surface area contributed by atoms with E-state index in [1.807, 2.05) is 11.3 Å². The molecule has 3 rings (SSSR count). The Hall–Kier alpha value is -0.900. The second kappa shape index (κ2) is 6.91. The van der Waals surface area contributed by atoms with Crippen molar-refractivity contribution in [3.05, 3.63) is 35.2 Å². The Morgan fingerprint density at radius 2 is 2.00 bits per heavy atom. The Morgan fingerprint density at radius 3 is 2.76 bits per heavy atom. The number of nitrogens with one attached hydrogen (secondary N) is 1. The van der Waals surface area contributed by atoms with E-state index in [2.05, 4.69) is 53.7 Å². The van der Waals surface area contributed by atoms with Crippen molar-refractivity contribution in [3.8, 4) is 0 Å². The van der Waals surface area contributed by atoms with Crippen LogP contribution in [0.1, 0.15) is 32.3 Å². The number of hydrogen-bond acceptors (Lipinski definition) is 3. The van der Waals surface area contributed by atoms with Gasteiger partial charge in [0.1, 0.15) is 0 Å². The molecule has 2 nitrogen and oxygen atoms in total. The Balaban J connectivity index is 1.53. The van der Waals surface area contributed by atoms with Gasteiger partial charge < -0.3 is 5.32 Å². The minimum atomic E-state index is 0.611. The molecule has 1 aromatic heterocycles. The molecule has 1 saturated heterocycles. The van der Waals surface area contributed by atoms with Crippen molar-refractivity contribution in [2.45, 2.75) is 39.3 Å². The van der Waals surface area contributed by atoms with Crippen LogP contribution in [0, 0.1) is 5.92 Å². The van der Waals surface area contributed by atoms with Crippen LogP contribution in [0.15, 0.2) is 29.6 Å². The van der Waals surface area contributed by atoms with Crippen LogP contribution >= 0.6 is 11.3 Å². The molecular weight excluding hydrogens is 276 g/mol. The quantitative estimate of drug-likeness (QED) is 0.894. The number of hydrogen-bond donors (Lipinski definition) is 1. The summed E-state index contributed by atoms with van der Waals surface area (Å²) in [7, 11) is 0. The third kappa shape index (κ3) is 3.85. The van der Waals surface area contributed by atoms with E-state index in [4.69, 9.17) is 0 Å². The van der Waals surface area contributed by atoms with E-state index >= 15 is 0 Å². The molecule has 2 heterocycles. The van der Waals surface area contributed by atoms with Crippen molar-refractivity contribution in [2.24, 2.45) is 5.92 Å². The van der Waals surface area contributed by atoms with Crippen LogP contribution in [-0.4, -0.2) is 30.6 Å². The molecule has 0 spiro atoms. The van der Waals surface area contributed by atoms with Crippen molar-refractivity contribution < 1.29 is 0 Å². The lowest BCUT2D eigenvalue weighted by atomic mass is 9.96. The third-order valence-corrected chi connectivity index (χ3v) is 5.49. The molecule has 0 saturated carbocycles. The molecule has 1 N–H and O–H groups in total. The summed E-state index contributed by atoms with van der Waals surface area (Å²) in [4.78, 5) is 2.63. The largest absolute Gasteiger partial charge is 0.314 e. The van der Waals surface area contributed by atoms with E-state index in [1.165, 1.54) is 48.1 Å². The summed E-state index contributed by atoms with van der Waals surface area (Å²) in [5, 5.41) is 7.38. The van der Waals surface area contributed by atoms with Crippen molar-refractivity contribution >= 4 is 21.4 Å². The first kappa shape index (κ1) is 15.0. The van der Waals surface area contributed by atoms with Crippen molar-refractivity contribution in [1.82, 2.24) is 10.2 Å². The molecular formula is C18H26N2S. The van der Waals surface area contributed by atoms with E-state index in [-0.39, 0.29) is 0 Å². The number of piperidine rings is 1. The van der Waals surface area contributed by atoms with Gasteiger partial charge in [-0.2, -0.15) is 0 Å². The zero-order valence-electron chi connectivity index (χ0n) is 13.1. The average molecular weight is 302 g/mol. The molecule has 0 aliphatic carbocycles. The van der Waals surface area contributed by atoms with E-state index in [1.54, 1.807) is 0 Å². The van der Waals surface area contributed by atoms with E-state index in [9.17, 15) is 0 Å². The Bertz CT molecular complexity index is 567. The monoisotopic (exact) mass is 302 g/mol. The second-order valence-electron chi connectivity index (χ2n) is 6.54. The van der Waals surface area contributed by atoms with Gasteiger partial charge >= 0.3 is 0 Å². The summed E-state index contributed by atoms with van der Waals surface area (Å²) in [6.45, 7) is 9.26. The van der Waals surface area contributed by atoms with Gasteiger partial charge in [0.15, 0.2) is 0 Å². The molecule has 0 unspecified atom stereocenters. The maximum atomic E-state index is 3.58. The first-order valence-electron chi connectivity index (χ1n) is 8.13. The number of nitrogens with zero attached hydrogens (tertiary/aromatic N) is 1. The van der Waals surface area contributed by atoms with Crippen molar-refractivity contribution in [2.75, 3.05) is 19.6 Å². The fourth-order valence-electron chi connectivity index (χ4n) is 3.15. The fraction of sp³-hybridized carbons (Fsp3) is 0.556. The summed E-state index contributed by atoms with van der Waals surface area (Å²) in [6, 6.07) is 9.40. The summed E-state index contributed by atoms with van der Waals surface area (Å²) in [5.74, 6) is 0.864. The maximum absolute atomic E-state index is 3.58. The molecule has 3 heteroatoms. The van der Waals surface area contributed by atoms with E-state index < -0.39 is 0 Å². The van der Waals surface area contributed by atoms with Gasteiger partial charge in [0, 0.05) is 17.3 Å². The summed E-state index contributed by atoms with van der Waals surface area (Å²) < 4.78 is 1.42. The van der Waals surface area contributed by atoms with E-state index in [0.717, 1.165) is 12.5 Å². The van der Waals surface area contributed by atoms with Gasteiger partial charge in [-0.05, 0) is 60.8 Å². The molecule has 2 aromatic rings. The van der Waals surface area contributed by atoms with Crippen LogP contribution in [0.3, 0.4) is 0 Å². The smallest absolute Gasteiger partial charge is 0.0346 e. The molecule has 0 atom stereocenters. The van der Waals surface area contributed by atoms with Crippen LogP contribution in [0.2, 0.25) is 0 Å². The Labute approximate surface area is 132 Å². The zero-order valence-corrected chi connectivity index (χ0v) is 14.0. The Morgan fingerprint density at radius 1 is 1.24 bits per heavy atom. The lowest BCUT2D eigenvalue weighted by molar-refractivity contribution is 0.175. The Kier molecular flexibility index (Phi) is 4.94. The van der Waals surface area contributed by atoms with Gasteiger partial charge in [0.05, 0.1) is 0 Å². The van der Waals surface area contributed by atoms with Crippen LogP contribution in [0.25, 0.3) is 10.1 Å². The van der Waals surface area contributed by atoms with Gasteiger partial charge in [-0.3, -0.25) is 4.90 Å². The number of fused-ring (bicyclic) bond motifs is 1. The highest BCUT2D eigenvalue weighted by Crippen LogP contribution is 2.28. The van der Waals surface area contributed by atoms with Crippen molar-refractivity contribution in [3.63, 3.8) is 0 Å². The van der Waals surface area contributed by atoms with Crippen LogP contribution < -0.4 is 5.32 Å². The van der Waals surface area contributed by atoms with E-state index in [0.29, 0.717) is 6.04 Å². The average Bonchev–Trinajstić information content (AvgIpc) is 2.90. The second-order valence-corrected chi connectivity index (χ2v) is 7.45. The molecule has 0 bridgehead atoms. The van der Waals surface area contributed by atoms with Crippen LogP contribution in [0.4, 0.5) is 0 Å². The number of thiophene rings is 1. The molecule has 1 fully saturated rings. The predicted molar refractivity (Wildman–Crippen MR) is 93.0 cm³/mol. The summed E-state index contributed by atoms with van der Waals surface area (Å²) >= 11 is 1.88. The molecule has 0 amide bonds. The zero-order chi connectivity index (χ0) is 14.7. The SMILES string of the molecule is CC(C)NCC1CCN(Cc2csc3ccccc23)CC1. The topological polar surface area (TPSA) is 15.3 Å². The van der Waals surface area contributed by atoms with Crippen molar-refractivity contribution in [1.29, 1.82) is 0 Å². The molecule has 1 aromatic carbocycles. The molecule has 21 heavy (non-hydrogen) atoms. The predicted octanol–water partition coefficient (Wildman–Crippen LogP) is 4.11. The lowest BCUT2D eigenvalue weighted by Gasteiger charge is -2.32. The summed E-state index contributed by atoms with van der Waals surface area (Å²) in [5.41, 5.74) is 1.51. The number of benzene rings is 1. The van der Waals surface area contributed by atoms with Gasteiger partial charge in [-0.15, -0.1) is 11.3 Å². The maximum Gasteiger partial charge on any atom is 0.0346 e. The molecule has 1 aliphatic rings. The standard InChI is InChI=1S/C18H26N2S/c1-14(2)19-11-15-7-9-20(10-8-15)12-16-13-21-18-6-4-3-5-17(16)18/h3-6,13-15,19H,7-12H2,1-2H3. The highest BCUT2D eigenvalue weighted by atomic mass is 32.1. The normalized spacial score (nSPS) is 17.9. The highest BCUT2D eigenvalue weighted by molar-refractivity contribution is 7.17. The van der Waals surface area contributed by atoms with Gasteiger partial charge in [0.2, 0.25) is 0 Å². The van der Waals surface area contributed by atoms with Gasteiger partial charge in [-0.25, -0.2) is 0 Å². The van der Waals surface area contributed by atoms with Crippen LogP contribution in [0.5, 0.6) is 0 Å². The first-order chi connectivity index (χ1) is 10.2. The minimum absolute atomic E-state index is 0.611. The van der Waals surface area contributed by atoms with Crippen LogP contribution in [-0.2, 0) is 6.54 Å². The minimum Gasteiger partial charge on any atom is -0.314 e. The lowest BCUT2D eigenvalue weighted by Crippen LogP contribution is -2.38. The molecule has 1 aliphatic heterocycles. The van der Waals surface area contributed by atoms with Gasteiger partial charge in [-0.1, -0.05) is 32.0 Å². The fourth-order valence-corrected chi connectivity index (χ4v) is 4.10. The third-order valence-electron chi connectivity index (χ3n) is 4.48.